The van der Waals surface area contributed by atoms with Crippen molar-refractivity contribution in [3.8, 4) is 0 Å². The van der Waals surface area contributed by atoms with Crippen molar-refractivity contribution in [1.82, 2.24) is 20.1 Å². The monoisotopic (exact) mass is 412 g/mol. The van der Waals surface area contributed by atoms with E-state index in [2.05, 4.69) is 86.7 Å². The average molecular weight is 413 g/mol. The van der Waals surface area contributed by atoms with Crippen LogP contribution in [0.1, 0.15) is 11.1 Å². The van der Waals surface area contributed by atoms with Crippen molar-refractivity contribution >= 4 is 23.5 Å². The van der Waals surface area contributed by atoms with E-state index in [0.29, 0.717) is 0 Å². The summed E-state index contributed by atoms with van der Waals surface area (Å²) in [7, 11) is 6.07. The van der Waals surface area contributed by atoms with E-state index in [1.807, 2.05) is 13.2 Å². The maximum absolute atomic E-state index is 4.58. The Morgan fingerprint density at radius 2 is 1.86 bits per heavy atom. The van der Waals surface area contributed by atoms with Crippen LogP contribution < -0.4 is 10.2 Å². The van der Waals surface area contributed by atoms with Crippen LogP contribution in [0.4, 0.5) is 5.82 Å². The van der Waals surface area contributed by atoms with Gasteiger partial charge in [0.2, 0.25) is 0 Å². The topological polar surface area (TPSA) is 47.0 Å². The van der Waals surface area contributed by atoms with E-state index < -0.39 is 0 Å². The van der Waals surface area contributed by atoms with Gasteiger partial charge in [0.25, 0.3) is 0 Å². The number of aromatic nitrogens is 1. The van der Waals surface area contributed by atoms with Crippen LogP contribution in [0.5, 0.6) is 0 Å². The van der Waals surface area contributed by atoms with Gasteiger partial charge >= 0.3 is 0 Å². The lowest BCUT2D eigenvalue weighted by atomic mass is 10.2. The fraction of sp³-hybridized carbons (Fsp3) is 0.455. The van der Waals surface area contributed by atoms with E-state index in [1.54, 1.807) is 11.8 Å². The van der Waals surface area contributed by atoms with Crippen molar-refractivity contribution in [3.63, 3.8) is 0 Å². The molecule has 156 valence electrons. The normalized spacial score (nSPS) is 15.4. The predicted octanol–water partition coefficient (Wildman–Crippen LogP) is 2.76. The van der Waals surface area contributed by atoms with E-state index in [0.717, 1.165) is 51.0 Å². The van der Waals surface area contributed by atoms with Crippen LogP contribution in [0.25, 0.3) is 0 Å². The summed E-state index contributed by atoms with van der Waals surface area (Å²) in [4.78, 5) is 17.2. The summed E-state index contributed by atoms with van der Waals surface area (Å²) in [6.07, 6.45) is 4.01. The van der Waals surface area contributed by atoms with Crippen molar-refractivity contribution in [2.24, 2.45) is 4.99 Å². The van der Waals surface area contributed by atoms with Gasteiger partial charge in [0.15, 0.2) is 5.96 Å². The molecule has 0 saturated carbocycles. The summed E-state index contributed by atoms with van der Waals surface area (Å²) in [5.41, 5.74) is 2.49. The molecule has 1 aromatic carbocycles. The Balaban J connectivity index is 1.56. The molecular formula is C22H32N6S. The van der Waals surface area contributed by atoms with Crippen molar-refractivity contribution < 1.29 is 0 Å². The van der Waals surface area contributed by atoms with Gasteiger partial charge in [-0.1, -0.05) is 12.1 Å². The number of nitrogens with zero attached hydrogens (tertiary/aromatic N) is 5. The zero-order valence-corrected chi connectivity index (χ0v) is 18.7. The summed E-state index contributed by atoms with van der Waals surface area (Å²) in [6.45, 7) is 5.77. The molecule has 3 rings (SSSR count). The molecule has 2 heterocycles. The van der Waals surface area contributed by atoms with Crippen LogP contribution in [-0.4, -0.2) is 74.3 Å². The number of benzene rings is 1. The van der Waals surface area contributed by atoms with E-state index in [1.165, 1.54) is 16.0 Å². The fourth-order valence-electron chi connectivity index (χ4n) is 3.42. The lowest BCUT2D eigenvalue weighted by Crippen LogP contribution is -2.44. The van der Waals surface area contributed by atoms with Gasteiger partial charge in [0, 0.05) is 64.5 Å². The minimum atomic E-state index is 0.728. The Hall–Kier alpha value is -2.25. The van der Waals surface area contributed by atoms with Gasteiger partial charge in [-0.25, -0.2) is 4.98 Å². The fourth-order valence-corrected chi connectivity index (χ4v) is 3.83. The zero-order valence-electron chi connectivity index (χ0n) is 17.9. The second-order valence-corrected chi connectivity index (χ2v) is 8.30. The maximum atomic E-state index is 4.58. The average Bonchev–Trinajstić information content (AvgIpc) is 2.75. The zero-order chi connectivity index (χ0) is 20.6. The molecule has 2 aromatic rings. The lowest BCUT2D eigenvalue weighted by Gasteiger charge is -2.33. The molecule has 1 aliphatic heterocycles. The molecule has 6 nitrogen and oxygen atoms in total. The van der Waals surface area contributed by atoms with Gasteiger partial charge in [-0.15, -0.1) is 11.8 Å². The lowest BCUT2D eigenvalue weighted by molar-refractivity contribution is 0.312. The summed E-state index contributed by atoms with van der Waals surface area (Å²) in [5, 5.41) is 3.48. The molecule has 0 aliphatic carbocycles. The molecule has 0 radical (unpaired) electrons. The molecule has 0 atom stereocenters. The summed E-state index contributed by atoms with van der Waals surface area (Å²) < 4.78 is 0. The smallest absolute Gasteiger partial charge is 0.193 e. The van der Waals surface area contributed by atoms with Crippen LogP contribution >= 0.6 is 11.8 Å². The number of aliphatic imine (C=N–C) groups is 1. The SMILES string of the molecule is CN=C(NCc1ccnc(N2CCN(C)CC2)c1)N(C)Cc1ccc(SC)cc1. The molecule has 1 N–H and O–H groups in total. The molecule has 0 spiro atoms. The third-order valence-corrected chi connectivity index (χ3v) is 5.98. The summed E-state index contributed by atoms with van der Waals surface area (Å²) in [5.74, 6) is 1.95. The van der Waals surface area contributed by atoms with Crippen LogP contribution in [0.15, 0.2) is 52.5 Å². The second-order valence-electron chi connectivity index (χ2n) is 7.42. The number of nitrogens with one attached hydrogen (secondary N) is 1. The molecule has 29 heavy (non-hydrogen) atoms. The standard InChI is InChI=1S/C22H32N6S/c1-23-22(27(3)17-18-5-7-20(29-4)8-6-18)25-16-19-9-10-24-21(15-19)28-13-11-26(2)12-14-28/h5-10,15H,11-14,16-17H2,1-4H3,(H,23,25). The molecule has 0 bridgehead atoms. The van der Waals surface area contributed by atoms with Crippen LogP contribution in [0.2, 0.25) is 0 Å². The quantitative estimate of drug-likeness (QED) is 0.447. The Kier molecular flexibility index (Phi) is 7.77. The van der Waals surface area contributed by atoms with Crippen LogP contribution in [0, 0.1) is 0 Å². The van der Waals surface area contributed by atoms with Crippen LogP contribution in [-0.2, 0) is 13.1 Å². The van der Waals surface area contributed by atoms with Gasteiger partial charge in [-0.2, -0.15) is 0 Å². The molecule has 0 amide bonds. The van der Waals surface area contributed by atoms with Gasteiger partial charge in [-0.3, -0.25) is 4.99 Å². The number of anilines is 1. The first kappa shape index (κ1) is 21.5. The minimum absolute atomic E-state index is 0.728. The van der Waals surface area contributed by atoms with E-state index in [9.17, 15) is 0 Å². The first-order chi connectivity index (χ1) is 14.1. The minimum Gasteiger partial charge on any atom is -0.354 e. The van der Waals surface area contributed by atoms with Crippen LogP contribution in [0.3, 0.4) is 0 Å². The highest BCUT2D eigenvalue weighted by Gasteiger charge is 2.15. The molecule has 1 aliphatic rings. The van der Waals surface area contributed by atoms with E-state index >= 15 is 0 Å². The predicted molar refractivity (Wildman–Crippen MR) is 124 cm³/mol. The van der Waals surface area contributed by atoms with Gasteiger partial charge in [-0.05, 0) is 48.7 Å². The van der Waals surface area contributed by atoms with Gasteiger partial charge in [0.1, 0.15) is 5.82 Å². The second kappa shape index (κ2) is 10.5. The van der Waals surface area contributed by atoms with Gasteiger partial charge in [0.05, 0.1) is 0 Å². The molecule has 1 aromatic heterocycles. The number of guanidine groups is 1. The van der Waals surface area contributed by atoms with Gasteiger partial charge < -0.3 is 20.0 Å². The highest BCUT2D eigenvalue weighted by molar-refractivity contribution is 7.98. The summed E-state index contributed by atoms with van der Waals surface area (Å²) >= 11 is 1.76. The number of pyridine rings is 1. The number of hydrogen-bond donors (Lipinski definition) is 1. The summed E-state index contributed by atoms with van der Waals surface area (Å²) in [6, 6.07) is 13.0. The Labute approximate surface area is 179 Å². The molecule has 0 unspecified atom stereocenters. The number of likely N-dealkylation sites (N-methyl/N-ethyl adjacent to an activating group) is 1. The molecule has 1 saturated heterocycles. The van der Waals surface area contributed by atoms with E-state index in [-0.39, 0.29) is 0 Å². The number of hydrogen-bond acceptors (Lipinski definition) is 5. The first-order valence-corrected chi connectivity index (χ1v) is 11.2. The largest absolute Gasteiger partial charge is 0.354 e. The Bertz CT molecular complexity index is 799. The van der Waals surface area contributed by atoms with Crippen molar-refractivity contribution in [2.75, 3.05) is 58.5 Å². The third-order valence-electron chi connectivity index (χ3n) is 5.24. The van der Waals surface area contributed by atoms with E-state index in [4.69, 9.17) is 0 Å². The number of piperazine rings is 1. The molecule has 1 fully saturated rings. The molecule has 7 heteroatoms. The number of thioether (sulfide) groups is 1. The Morgan fingerprint density at radius 3 is 2.52 bits per heavy atom. The maximum Gasteiger partial charge on any atom is 0.193 e. The Morgan fingerprint density at radius 1 is 1.14 bits per heavy atom. The molecular weight excluding hydrogens is 380 g/mol. The highest BCUT2D eigenvalue weighted by atomic mass is 32.2. The van der Waals surface area contributed by atoms with Crippen molar-refractivity contribution in [3.05, 3.63) is 53.7 Å². The third kappa shape index (κ3) is 6.11. The van der Waals surface area contributed by atoms with Crippen molar-refractivity contribution in [2.45, 2.75) is 18.0 Å². The number of rotatable bonds is 6. The highest BCUT2D eigenvalue weighted by Crippen LogP contribution is 2.16. The van der Waals surface area contributed by atoms with Crippen molar-refractivity contribution in [1.29, 1.82) is 0 Å². The first-order valence-electron chi connectivity index (χ1n) is 10.0.